The minimum atomic E-state index is -0.111. The average molecular weight is 312 g/mol. The summed E-state index contributed by atoms with van der Waals surface area (Å²) < 4.78 is 0. The lowest BCUT2D eigenvalue weighted by atomic mass is 10.1. The van der Waals surface area contributed by atoms with Crippen molar-refractivity contribution in [3.63, 3.8) is 0 Å². The van der Waals surface area contributed by atoms with Gasteiger partial charge in [0, 0.05) is 17.1 Å². The van der Waals surface area contributed by atoms with Gasteiger partial charge in [-0.25, -0.2) is 0 Å². The molecule has 5 nitrogen and oxygen atoms in total. The molecule has 22 heavy (non-hydrogen) atoms. The Morgan fingerprint density at radius 3 is 2.41 bits per heavy atom. The lowest BCUT2D eigenvalue weighted by Gasteiger charge is -2.07. The van der Waals surface area contributed by atoms with Crippen LogP contribution in [0.2, 0.25) is 0 Å². The second kappa shape index (κ2) is 6.55. The molecule has 0 spiro atoms. The van der Waals surface area contributed by atoms with E-state index in [4.69, 9.17) is 5.14 Å². The third kappa shape index (κ3) is 3.08. The molecular weight excluding hydrogens is 296 g/mol. The molecule has 0 unspecified atom stereocenters. The van der Waals surface area contributed by atoms with E-state index in [0.29, 0.717) is 12.1 Å². The summed E-state index contributed by atoms with van der Waals surface area (Å²) in [5.74, 6) is 0. The van der Waals surface area contributed by atoms with Gasteiger partial charge >= 0.3 is 0 Å². The van der Waals surface area contributed by atoms with Crippen molar-refractivity contribution < 1.29 is 0 Å². The molecular formula is C16H16N4OS. The zero-order chi connectivity index (χ0) is 15.4. The number of benzene rings is 2. The number of aromatic amines is 2. The Bertz CT molecular complexity index is 793. The number of hydrogen-bond acceptors (Lipinski definition) is 4. The van der Waals surface area contributed by atoms with Gasteiger partial charge in [-0.05, 0) is 41.8 Å². The fourth-order valence-electron chi connectivity index (χ4n) is 2.25. The van der Waals surface area contributed by atoms with E-state index in [-0.39, 0.29) is 5.56 Å². The Balaban J connectivity index is 1.80. The van der Waals surface area contributed by atoms with Crippen LogP contribution in [0.25, 0.3) is 11.3 Å². The standard InChI is InChI=1S/C16H16N4OS/c17-22-13-8-6-12(7-9-13)18-10-14-15(19-20-16(14)21)11-4-2-1-3-5-11/h1-9,18H,10,17H2,(H2,19,20,21). The number of anilines is 1. The fraction of sp³-hybridized carbons (Fsp3) is 0.0625. The Morgan fingerprint density at radius 2 is 1.73 bits per heavy atom. The summed E-state index contributed by atoms with van der Waals surface area (Å²) in [6.45, 7) is 0.443. The predicted molar refractivity (Wildman–Crippen MR) is 90.7 cm³/mol. The molecule has 0 aliphatic rings. The summed E-state index contributed by atoms with van der Waals surface area (Å²) >= 11 is 1.21. The quantitative estimate of drug-likeness (QED) is 0.546. The molecule has 2 aromatic carbocycles. The van der Waals surface area contributed by atoms with E-state index >= 15 is 0 Å². The zero-order valence-electron chi connectivity index (χ0n) is 11.8. The first-order valence-electron chi connectivity index (χ1n) is 6.83. The highest BCUT2D eigenvalue weighted by molar-refractivity contribution is 7.97. The van der Waals surface area contributed by atoms with E-state index in [1.54, 1.807) is 0 Å². The van der Waals surface area contributed by atoms with Crippen molar-refractivity contribution in [1.29, 1.82) is 0 Å². The van der Waals surface area contributed by atoms with Gasteiger partial charge in [0.25, 0.3) is 5.56 Å². The van der Waals surface area contributed by atoms with Crippen molar-refractivity contribution in [1.82, 2.24) is 10.2 Å². The van der Waals surface area contributed by atoms with Gasteiger partial charge in [0.1, 0.15) is 0 Å². The lowest BCUT2D eigenvalue weighted by Crippen LogP contribution is -2.11. The minimum Gasteiger partial charge on any atom is -0.381 e. The van der Waals surface area contributed by atoms with Crippen LogP contribution in [-0.4, -0.2) is 10.2 Å². The second-order valence-corrected chi connectivity index (χ2v) is 5.50. The lowest BCUT2D eigenvalue weighted by molar-refractivity contribution is 1.05. The third-order valence-electron chi connectivity index (χ3n) is 3.40. The summed E-state index contributed by atoms with van der Waals surface area (Å²) in [5, 5.41) is 14.4. The van der Waals surface area contributed by atoms with Gasteiger partial charge in [0.2, 0.25) is 0 Å². The second-order valence-electron chi connectivity index (χ2n) is 4.79. The Hall–Kier alpha value is -2.44. The molecule has 0 aliphatic carbocycles. The molecule has 0 amide bonds. The predicted octanol–water partition coefficient (Wildman–Crippen LogP) is 2.95. The third-order valence-corrected chi connectivity index (χ3v) is 3.94. The van der Waals surface area contributed by atoms with Crippen molar-refractivity contribution >= 4 is 17.6 Å². The van der Waals surface area contributed by atoms with Gasteiger partial charge in [-0.3, -0.25) is 20.1 Å². The number of hydrogen-bond donors (Lipinski definition) is 4. The number of H-pyrrole nitrogens is 2. The van der Waals surface area contributed by atoms with Crippen molar-refractivity contribution in [2.45, 2.75) is 11.4 Å². The first-order chi connectivity index (χ1) is 10.8. The molecule has 0 fully saturated rings. The zero-order valence-corrected chi connectivity index (χ0v) is 12.6. The summed E-state index contributed by atoms with van der Waals surface area (Å²) in [6, 6.07) is 17.5. The van der Waals surface area contributed by atoms with Crippen molar-refractivity contribution in [3.8, 4) is 11.3 Å². The van der Waals surface area contributed by atoms with Crippen LogP contribution in [0.1, 0.15) is 5.56 Å². The van der Waals surface area contributed by atoms with Crippen LogP contribution in [0.3, 0.4) is 0 Å². The molecule has 1 heterocycles. The van der Waals surface area contributed by atoms with E-state index in [1.807, 2.05) is 54.6 Å². The highest BCUT2D eigenvalue weighted by Gasteiger charge is 2.11. The van der Waals surface area contributed by atoms with Crippen LogP contribution in [-0.2, 0) is 6.54 Å². The summed E-state index contributed by atoms with van der Waals surface area (Å²) in [4.78, 5) is 13.0. The highest BCUT2D eigenvalue weighted by atomic mass is 32.2. The van der Waals surface area contributed by atoms with Crippen molar-refractivity contribution in [3.05, 3.63) is 70.5 Å². The van der Waals surface area contributed by atoms with Crippen LogP contribution >= 0.6 is 11.9 Å². The molecule has 0 bridgehead atoms. The molecule has 0 radical (unpaired) electrons. The molecule has 1 aromatic heterocycles. The summed E-state index contributed by atoms with van der Waals surface area (Å²) in [5.41, 5.74) is 3.31. The van der Waals surface area contributed by atoms with Crippen LogP contribution in [0.4, 0.5) is 5.69 Å². The van der Waals surface area contributed by atoms with Crippen LogP contribution in [0.15, 0.2) is 64.3 Å². The largest absolute Gasteiger partial charge is 0.381 e. The highest BCUT2D eigenvalue weighted by Crippen LogP contribution is 2.20. The Kier molecular flexibility index (Phi) is 4.32. The molecule has 0 saturated carbocycles. The van der Waals surface area contributed by atoms with Gasteiger partial charge in [-0.1, -0.05) is 30.3 Å². The molecule has 3 rings (SSSR count). The van der Waals surface area contributed by atoms with Gasteiger partial charge in [0.05, 0.1) is 11.3 Å². The van der Waals surface area contributed by atoms with Crippen molar-refractivity contribution in [2.24, 2.45) is 5.14 Å². The molecule has 112 valence electrons. The molecule has 3 aromatic rings. The first-order valence-corrected chi connectivity index (χ1v) is 7.71. The van der Waals surface area contributed by atoms with E-state index < -0.39 is 0 Å². The van der Waals surface area contributed by atoms with E-state index in [0.717, 1.165) is 21.8 Å². The number of aromatic nitrogens is 2. The topological polar surface area (TPSA) is 86.7 Å². The van der Waals surface area contributed by atoms with Gasteiger partial charge in [0.15, 0.2) is 0 Å². The maximum Gasteiger partial charge on any atom is 0.269 e. The summed E-state index contributed by atoms with van der Waals surface area (Å²) in [7, 11) is 0. The monoisotopic (exact) mass is 312 g/mol. The SMILES string of the molecule is NSc1ccc(NCc2c(-c3ccccc3)[nH][nH]c2=O)cc1. The van der Waals surface area contributed by atoms with E-state index in [2.05, 4.69) is 15.5 Å². The van der Waals surface area contributed by atoms with Crippen LogP contribution in [0, 0.1) is 0 Å². The summed E-state index contributed by atoms with van der Waals surface area (Å²) in [6.07, 6.45) is 0. The number of nitrogens with two attached hydrogens (primary N) is 1. The maximum absolute atomic E-state index is 12.0. The number of rotatable bonds is 5. The Morgan fingerprint density at radius 1 is 1.00 bits per heavy atom. The molecule has 6 heteroatoms. The number of nitrogens with one attached hydrogen (secondary N) is 3. The van der Waals surface area contributed by atoms with Crippen molar-refractivity contribution in [2.75, 3.05) is 5.32 Å². The normalized spacial score (nSPS) is 10.6. The average Bonchev–Trinajstić information content (AvgIpc) is 2.95. The smallest absolute Gasteiger partial charge is 0.269 e. The molecule has 5 N–H and O–H groups in total. The van der Waals surface area contributed by atoms with E-state index in [1.165, 1.54) is 11.9 Å². The van der Waals surface area contributed by atoms with Crippen LogP contribution < -0.4 is 16.0 Å². The van der Waals surface area contributed by atoms with E-state index in [9.17, 15) is 4.79 Å². The molecule has 0 saturated heterocycles. The Labute approximate surface area is 132 Å². The van der Waals surface area contributed by atoms with Gasteiger partial charge in [-0.15, -0.1) is 0 Å². The maximum atomic E-state index is 12.0. The first kappa shape index (κ1) is 14.5. The minimum absolute atomic E-state index is 0.111. The molecule has 0 aliphatic heterocycles. The van der Waals surface area contributed by atoms with Gasteiger partial charge in [-0.2, -0.15) is 0 Å². The molecule has 0 atom stereocenters. The fourth-order valence-corrected chi connectivity index (χ4v) is 2.54. The van der Waals surface area contributed by atoms with Gasteiger partial charge < -0.3 is 5.32 Å². The van der Waals surface area contributed by atoms with Crippen LogP contribution in [0.5, 0.6) is 0 Å².